The van der Waals surface area contributed by atoms with E-state index in [9.17, 15) is 4.39 Å². The van der Waals surface area contributed by atoms with Crippen molar-refractivity contribution in [2.24, 2.45) is 0 Å². The van der Waals surface area contributed by atoms with Crippen molar-refractivity contribution in [3.63, 3.8) is 0 Å². The molecule has 8 nitrogen and oxygen atoms in total. The predicted octanol–water partition coefficient (Wildman–Crippen LogP) is 3.61. The van der Waals surface area contributed by atoms with Gasteiger partial charge in [0.2, 0.25) is 0 Å². The van der Waals surface area contributed by atoms with Crippen molar-refractivity contribution in [1.82, 2.24) is 29.4 Å². The van der Waals surface area contributed by atoms with Crippen LogP contribution >= 0.6 is 0 Å². The average Bonchev–Trinajstić information content (AvgIpc) is 3.39. The quantitative estimate of drug-likeness (QED) is 0.430. The molecule has 176 valence electrons. The van der Waals surface area contributed by atoms with Crippen LogP contribution in [0, 0.1) is 18.6 Å². The molecule has 0 spiro atoms. The summed E-state index contributed by atoms with van der Waals surface area (Å²) in [6.45, 7) is 3.67. The number of fused-ring (bicyclic) bond motifs is 1. The average molecular weight is 466 g/mol. The molecule has 1 saturated heterocycles. The van der Waals surface area contributed by atoms with E-state index in [1.54, 1.807) is 23.6 Å². The van der Waals surface area contributed by atoms with Crippen molar-refractivity contribution in [1.29, 1.82) is 0 Å². The van der Waals surface area contributed by atoms with Crippen LogP contribution in [0.1, 0.15) is 17.7 Å². The number of rotatable bonds is 6. The van der Waals surface area contributed by atoms with Gasteiger partial charge in [0.15, 0.2) is 5.65 Å². The van der Waals surface area contributed by atoms with Crippen LogP contribution in [0.25, 0.3) is 22.6 Å². The van der Waals surface area contributed by atoms with Gasteiger partial charge in [-0.25, -0.2) is 13.8 Å². The van der Waals surface area contributed by atoms with Gasteiger partial charge in [-0.3, -0.25) is 4.98 Å². The molecule has 0 radical (unpaired) electrons. The Balaban J connectivity index is 1.54. The number of hydrogen-bond donors (Lipinski definition) is 0. The van der Waals surface area contributed by atoms with E-state index < -0.39 is 11.6 Å². The molecule has 4 heterocycles. The summed E-state index contributed by atoms with van der Waals surface area (Å²) < 4.78 is 42.0. The van der Waals surface area contributed by atoms with Crippen molar-refractivity contribution < 1.29 is 18.3 Å². The van der Waals surface area contributed by atoms with Crippen molar-refractivity contribution in [3.8, 4) is 23.1 Å². The Morgan fingerprint density at radius 3 is 2.68 bits per heavy atom. The number of aryl methyl sites for hydroxylation is 1. The summed E-state index contributed by atoms with van der Waals surface area (Å²) in [6, 6.07) is 6.35. The van der Waals surface area contributed by atoms with Gasteiger partial charge >= 0.3 is 6.01 Å². The number of ether oxygens (including phenoxy) is 2. The van der Waals surface area contributed by atoms with Crippen molar-refractivity contribution >= 4 is 11.2 Å². The third kappa shape index (κ3) is 4.28. The molecular formula is C24H24F2N6O2. The van der Waals surface area contributed by atoms with Gasteiger partial charge in [-0.05, 0) is 32.5 Å². The third-order valence-corrected chi connectivity index (χ3v) is 5.90. The largest absolute Gasteiger partial charge is 0.489 e. The lowest BCUT2D eigenvalue weighted by molar-refractivity contribution is 0.207. The molecule has 1 aliphatic rings. The first-order valence-corrected chi connectivity index (χ1v) is 10.9. The van der Waals surface area contributed by atoms with E-state index in [-0.39, 0.29) is 18.7 Å². The van der Waals surface area contributed by atoms with E-state index in [0.717, 1.165) is 25.7 Å². The van der Waals surface area contributed by atoms with Gasteiger partial charge in [0.25, 0.3) is 0 Å². The number of pyridine rings is 1. The fraction of sp³-hybridized carbons (Fsp3) is 0.333. The monoisotopic (exact) mass is 466 g/mol. The molecule has 1 atom stereocenters. The Morgan fingerprint density at radius 2 is 1.97 bits per heavy atom. The van der Waals surface area contributed by atoms with Gasteiger partial charge in [-0.2, -0.15) is 9.97 Å². The summed E-state index contributed by atoms with van der Waals surface area (Å²) in [6.07, 6.45) is 3.58. The minimum atomic E-state index is -0.498. The Kier molecular flexibility index (Phi) is 5.82. The van der Waals surface area contributed by atoms with Crippen LogP contribution in [0.3, 0.4) is 0 Å². The Labute approximate surface area is 195 Å². The van der Waals surface area contributed by atoms with Crippen molar-refractivity contribution in [2.45, 2.75) is 26.0 Å². The molecule has 4 aromatic rings. The van der Waals surface area contributed by atoms with Gasteiger partial charge in [-0.15, -0.1) is 0 Å². The molecule has 0 bridgehead atoms. The van der Waals surface area contributed by atoms with Crippen LogP contribution < -0.4 is 9.47 Å². The van der Waals surface area contributed by atoms with E-state index in [1.807, 2.05) is 7.05 Å². The number of imidazole rings is 1. The Morgan fingerprint density at radius 1 is 1.12 bits per heavy atom. The number of halogens is 2. The molecule has 10 heteroatoms. The molecule has 1 aliphatic heterocycles. The van der Waals surface area contributed by atoms with Gasteiger partial charge in [0, 0.05) is 36.5 Å². The van der Waals surface area contributed by atoms with Crippen LogP contribution in [-0.2, 0) is 6.54 Å². The summed E-state index contributed by atoms with van der Waals surface area (Å²) in [5.74, 6) is -0.0127. The lowest BCUT2D eigenvalue weighted by Crippen LogP contribution is -2.21. The van der Waals surface area contributed by atoms with E-state index in [2.05, 4.69) is 24.8 Å². The molecule has 0 aliphatic carbocycles. The summed E-state index contributed by atoms with van der Waals surface area (Å²) in [7, 11) is 3.51. The molecule has 1 aromatic carbocycles. The SMILES string of the molecule is COc1nc(C)c2nc(-c3cncc(F)c3)n(Cc3ccc(O[C@@H]4CCN(C)C4)cc3F)c2n1. The first kappa shape index (κ1) is 22.1. The second kappa shape index (κ2) is 8.94. The first-order chi connectivity index (χ1) is 16.4. The minimum Gasteiger partial charge on any atom is -0.489 e. The van der Waals surface area contributed by atoms with Crippen LogP contribution in [0.4, 0.5) is 8.78 Å². The summed E-state index contributed by atoms with van der Waals surface area (Å²) in [4.78, 5) is 19.5. The lowest BCUT2D eigenvalue weighted by atomic mass is 10.2. The number of hydrogen-bond acceptors (Lipinski definition) is 7. The second-order valence-corrected chi connectivity index (χ2v) is 8.43. The molecule has 5 rings (SSSR count). The molecule has 0 N–H and O–H groups in total. The van der Waals surface area contributed by atoms with Gasteiger partial charge in [0.05, 0.1) is 25.5 Å². The molecule has 34 heavy (non-hydrogen) atoms. The van der Waals surface area contributed by atoms with Crippen molar-refractivity contribution in [2.75, 3.05) is 27.2 Å². The lowest BCUT2D eigenvalue weighted by Gasteiger charge is -2.15. The number of aromatic nitrogens is 5. The molecule has 0 unspecified atom stereocenters. The maximum Gasteiger partial charge on any atom is 0.318 e. The van der Waals surface area contributed by atoms with Crippen molar-refractivity contribution in [3.05, 3.63) is 59.6 Å². The number of likely N-dealkylation sites (tertiary alicyclic amines) is 1. The highest BCUT2D eigenvalue weighted by atomic mass is 19.1. The zero-order chi connectivity index (χ0) is 23.8. The normalized spacial score (nSPS) is 16.3. The maximum atomic E-state index is 15.2. The second-order valence-electron chi connectivity index (χ2n) is 8.43. The number of likely N-dealkylation sites (N-methyl/N-ethyl adjacent to an activating group) is 1. The van der Waals surface area contributed by atoms with E-state index in [1.165, 1.54) is 25.4 Å². The number of methoxy groups -OCH3 is 1. The van der Waals surface area contributed by atoms with Gasteiger partial charge in [0.1, 0.15) is 34.8 Å². The highest BCUT2D eigenvalue weighted by Gasteiger charge is 2.22. The van der Waals surface area contributed by atoms with Crippen LogP contribution in [-0.4, -0.2) is 62.8 Å². The molecule has 3 aromatic heterocycles. The highest BCUT2D eigenvalue weighted by Crippen LogP contribution is 2.29. The fourth-order valence-electron chi connectivity index (χ4n) is 4.19. The predicted molar refractivity (Wildman–Crippen MR) is 122 cm³/mol. The third-order valence-electron chi connectivity index (χ3n) is 5.90. The zero-order valence-electron chi connectivity index (χ0n) is 19.1. The molecule has 1 fully saturated rings. The van der Waals surface area contributed by atoms with Gasteiger partial charge < -0.3 is 18.9 Å². The molecule has 0 amide bonds. The van der Waals surface area contributed by atoms with E-state index >= 15 is 4.39 Å². The Bertz CT molecular complexity index is 1360. The Hall–Kier alpha value is -3.66. The molecule has 0 saturated carbocycles. The summed E-state index contributed by atoms with van der Waals surface area (Å²) >= 11 is 0. The van der Waals surface area contributed by atoms with Crippen LogP contribution in [0.5, 0.6) is 11.8 Å². The van der Waals surface area contributed by atoms with Gasteiger partial charge in [-0.1, -0.05) is 6.07 Å². The first-order valence-electron chi connectivity index (χ1n) is 10.9. The van der Waals surface area contributed by atoms with Crippen LogP contribution in [0.2, 0.25) is 0 Å². The van der Waals surface area contributed by atoms with E-state index in [4.69, 9.17) is 9.47 Å². The van der Waals surface area contributed by atoms with Crippen LogP contribution in [0.15, 0.2) is 36.7 Å². The minimum absolute atomic E-state index is 0.0482. The smallest absolute Gasteiger partial charge is 0.318 e. The summed E-state index contributed by atoms with van der Waals surface area (Å²) in [5.41, 5.74) is 2.43. The van der Waals surface area contributed by atoms with E-state index in [0.29, 0.717) is 39.6 Å². The highest BCUT2D eigenvalue weighted by molar-refractivity contribution is 5.79. The molecular weight excluding hydrogens is 442 g/mol. The maximum absolute atomic E-state index is 15.2. The fourth-order valence-corrected chi connectivity index (χ4v) is 4.19. The number of nitrogens with zero attached hydrogens (tertiary/aromatic N) is 6. The standard InChI is InChI=1S/C24H24F2N6O2/c1-14-21-23(30-24(28-14)33-3)32(22(29-21)16-8-17(25)11-27-10-16)12-15-4-5-18(9-20(15)26)34-19-6-7-31(2)13-19/h4-5,8-11,19H,6-7,12-13H2,1-3H3/t19-/m1/s1. The summed E-state index contributed by atoms with van der Waals surface area (Å²) in [5, 5.41) is 0. The number of benzene rings is 1. The topological polar surface area (TPSA) is 78.2 Å². The zero-order valence-corrected chi connectivity index (χ0v) is 19.1.